The molecule has 0 bridgehead atoms. The van der Waals surface area contributed by atoms with E-state index in [1.54, 1.807) is 6.07 Å². The van der Waals surface area contributed by atoms with Crippen LogP contribution in [0.5, 0.6) is 0 Å². The predicted octanol–water partition coefficient (Wildman–Crippen LogP) is 2.46. The van der Waals surface area contributed by atoms with Crippen molar-refractivity contribution in [2.24, 2.45) is 0 Å². The molecular weight excluding hydrogens is 290 g/mol. The molecule has 0 aliphatic heterocycles. The highest BCUT2D eigenvalue weighted by atomic mass is 16.2. The fraction of sp³-hybridized carbons (Fsp3) is 0.278. The molecule has 2 amide bonds. The average Bonchev–Trinajstić information content (AvgIpc) is 2.59. The number of hydrogen-bond acceptors (Lipinski definition) is 3. The highest BCUT2D eigenvalue weighted by molar-refractivity contribution is 5.98. The van der Waals surface area contributed by atoms with Crippen LogP contribution in [0.15, 0.2) is 42.6 Å². The maximum absolute atomic E-state index is 12.2. The molecule has 0 aliphatic carbocycles. The van der Waals surface area contributed by atoms with Crippen LogP contribution in [0.4, 0.5) is 0 Å². The van der Waals surface area contributed by atoms with Gasteiger partial charge in [0, 0.05) is 24.8 Å². The first-order valence-corrected chi connectivity index (χ1v) is 7.68. The van der Waals surface area contributed by atoms with E-state index in [-0.39, 0.29) is 17.5 Å². The lowest BCUT2D eigenvalue weighted by Crippen LogP contribution is -2.26. The van der Waals surface area contributed by atoms with E-state index in [1.807, 2.05) is 38.1 Å². The summed E-state index contributed by atoms with van der Waals surface area (Å²) in [5.74, 6) is -0.488. The first-order valence-electron chi connectivity index (χ1n) is 7.68. The summed E-state index contributed by atoms with van der Waals surface area (Å²) in [6, 6.07) is 11.0. The second-order valence-electron chi connectivity index (χ2n) is 5.35. The molecule has 1 aromatic carbocycles. The molecule has 5 nitrogen and oxygen atoms in total. The van der Waals surface area contributed by atoms with E-state index in [4.69, 9.17) is 0 Å². The maximum atomic E-state index is 12.2. The summed E-state index contributed by atoms with van der Waals surface area (Å²) in [6.07, 6.45) is 2.34. The molecule has 5 heteroatoms. The Morgan fingerprint density at radius 3 is 2.48 bits per heavy atom. The Labute approximate surface area is 136 Å². The standard InChI is InChI=1S/C18H21N3O2/c1-3-9-20-17(22)15-8-10-19-16(11-15)18(23)21-12-14-6-4-13(2)5-7-14/h4-8,10-11H,3,9,12H2,1-2H3,(H,20,22)(H,21,23). The Bertz CT molecular complexity index is 681. The molecule has 0 unspecified atom stereocenters. The van der Waals surface area contributed by atoms with E-state index in [1.165, 1.54) is 17.8 Å². The summed E-state index contributed by atoms with van der Waals surface area (Å²) >= 11 is 0. The predicted molar refractivity (Wildman–Crippen MR) is 89.2 cm³/mol. The van der Waals surface area contributed by atoms with Gasteiger partial charge in [-0.3, -0.25) is 14.6 Å². The van der Waals surface area contributed by atoms with Gasteiger partial charge in [-0.05, 0) is 31.0 Å². The normalized spacial score (nSPS) is 10.2. The fourth-order valence-electron chi connectivity index (χ4n) is 2.02. The summed E-state index contributed by atoms with van der Waals surface area (Å²) in [5, 5.41) is 5.59. The van der Waals surface area contributed by atoms with Gasteiger partial charge in [0.05, 0.1) is 0 Å². The van der Waals surface area contributed by atoms with Crippen LogP contribution in [0.2, 0.25) is 0 Å². The number of amides is 2. The first kappa shape index (κ1) is 16.7. The minimum absolute atomic E-state index is 0.193. The van der Waals surface area contributed by atoms with Crippen molar-refractivity contribution in [1.82, 2.24) is 15.6 Å². The lowest BCUT2D eigenvalue weighted by atomic mass is 10.1. The average molecular weight is 311 g/mol. The number of nitrogens with one attached hydrogen (secondary N) is 2. The summed E-state index contributed by atoms with van der Waals surface area (Å²) in [5.41, 5.74) is 2.86. The van der Waals surface area contributed by atoms with Crippen molar-refractivity contribution in [2.45, 2.75) is 26.8 Å². The topological polar surface area (TPSA) is 71.1 Å². The summed E-state index contributed by atoms with van der Waals surface area (Å²) < 4.78 is 0. The molecule has 1 heterocycles. The molecule has 0 aliphatic rings. The van der Waals surface area contributed by atoms with Crippen LogP contribution in [0.25, 0.3) is 0 Å². The lowest BCUT2D eigenvalue weighted by molar-refractivity contribution is 0.0946. The van der Waals surface area contributed by atoms with Gasteiger partial charge in [0.1, 0.15) is 5.69 Å². The van der Waals surface area contributed by atoms with Crippen molar-refractivity contribution in [3.05, 3.63) is 65.0 Å². The zero-order chi connectivity index (χ0) is 16.7. The molecule has 0 saturated heterocycles. The van der Waals surface area contributed by atoms with Crippen molar-refractivity contribution < 1.29 is 9.59 Å². The molecule has 120 valence electrons. The molecule has 23 heavy (non-hydrogen) atoms. The van der Waals surface area contributed by atoms with Gasteiger partial charge in [-0.1, -0.05) is 36.8 Å². The maximum Gasteiger partial charge on any atom is 0.270 e. The number of nitrogens with zero attached hydrogens (tertiary/aromatic N) is 1. The fourth-order valence-corrected chi connectivity index (χ4v) is 2.02. The molecular formula is C18H21N3O2. The van der Waals surface area contributed by atoms with Gasteiger partial charge in [0.25, 0.3) is 11.8 Å². The number of hydrogen-bond donors (Lipinski definition) is 2. The van der Waals surface area contributed by atoms with Crippen LogP contribution in [0.3, 0.4) is 0 Å². The van der Waals surface area contributed by atoms with Crippen molar-refractivity contribution in [1.29, 1.82) is 0 Å². The van der Waals surface area contributed by atoms with Gasteiger partial charge in [0.2, 0.25) is 0 Å². The molecule has 2 rings (SSSR count). The van der Waals surface area contributed by atoms with Crippen LogP contribution in [-0.4, -0.2) is 23.3 Å². The van der Waals surface area contributed by atoms with Crippen molar-refractivity contribution in [3.8, 4) is 0 Å². The molecule has 1 aromatic heterocycles. The molecule has 0 saturated carbocycles. The van der Waals surface area contributed by atoms with Crippen LogP contribution < -0.4 is 10.6 Å². The molecule has 0 spiro atoms. The van der Waals surface area contributed by atoms with Crippen molar-refractivity contribution in [2.75, 3.05) is 6.54 Å². The van der Waals surface area contributed by atoms with E-state index < -0.39 is 0 Å². The number of carbonyl (C=O) groups is 2. The first-order chi connectivity index (χ1) is 11.1. The van der Waals surface area contributed by atoms with E-state index >= 15 is 0 Å². The Kier molecular flexibility index (Phi) is 5.86. The van der Waals surface area contributed by atoms with E-state index in [0.717, 1.165) is 12.0 Å². The number of carbonyl (C=O) groups excluding carboxylic acids is 2. The van der Waals surface area contributed by atoms with E-state index in [0.29, 0.717) is 18.7 Å². The monoisotopic (exact) mass is 311 g/mol. The summed E-state index contributed by atoms with van der Waals surface area (Å²) in [4.78, 5) is 28.1. The van der Waals surface area contributed by atoms with Crippen LogP contribution in [0, 0.1) is 6.92 Å². The summed E-state index contributed by atoms with van der Waals surface area (Å²) in [7, 11) is 0. The van der Waals surface area contributed by atoms with Gasteiger partial charge < -0.3 is 10.6 Å². The summed E-state index contributed by atoms with van der Waals surface area (Å²) in [6.45, 7) is 5.03. The second kappa shape index (κ2) is 8.08. The third-order valence-electron chi connectivity index (χ3n) is 3.36. The minimum Gasteiger partial charge on any atom is -0.352 e. The Morgan fingerprint density at radius 2 is 1.78 bits per heavy atom. The highest BCUT2D eigenvalue weighted by Gasteiger charge is 2.11. The molecule has 2 aromatic rings. The zero-order valence-corrected chi connectivity index (χ0v) is 13.4. The zero-order valence-electron chi connectivity index (χ0n) is 13.4. The van der Waals surface area contributed by atoms with E-state index in [2.05, 4.69) is 15.6 Å². The van der Waals surface area contributed by atoms with Crippen molar-refractivity contribution >= 4 is 11.8 Å². The van der Waals surface area contributed by atoms with Gasteiger partial charge in [0.15, 0.2) is 0 Å². The van der Waals surface area contributed by atoms with Gasteiger partial charge in [-0.25, -0.2) is 0 Å². The van der Waals surface area contributed by atoms with Crippen LogP contribution in [-0.2, 0) is 6.54 Å². The third kappa shape index (κ3) is 4.92. The Balaban J connectivity index is 1.99. The third-order valence-corrected chi connectivity index (χ3v) is 3.36. The van der Waals surface area contributed by atoms with E-state index in [9.17, 15) is 9.59 Å². The van der Waals surface area contributed by atoms with Gasteiger partial charge >= 0.3 is 0 Å². The Morgan fingerprint density at radius 1 is 1.04 bits per heavy atom. The molecule has 2 N–H and O–H groups in total. The van der Waals surface area contributed by atoms with Crippen LogP contribution in [0.1, 0.15) is 45.3 Å². The largest absolute Gasteiger partial charge is 0.352 e. The van der Waals surface area contributed by atoms with Gasteiger partial charge in [-0.2, -0.15) is 0 Å². The minimum atomic E-state index is -0.296. The van der Waals surface area contributed by atoms with Crippen molar-refractivity contribution in [3.63, 3.8) is 0 Å². The number of pyridine rings is 1. The molecule has 0 atom stereocenters. The smallest absolute Gasteiger partial charge is 0.270 e. The highest BCUT2D eigenvalue weighted by Crippen LogP contribution is 2.05. The number of aromatic nitrogens is 1. The second-order valence-corrected chi connectivity index (χ2v) is 5.35. The van der Waals surface area contributed by atoms with Gasteiger partial charge in [-0.15, -0.1) is 0 Å². The quantitative estimate of drug-likeness (QED) is 0.861. The number of rotatable bonds is 6. The SMILES string of the molecule is CCCNC(=O)c1ccnc(C(=O)NCc2ccc(C)cc2)c1. The number of aryl methyl sites for hydroxylation is 1. The Hall–Kier alpha value is -2.69. The molecule has 0 radical (unpaired) electrons. The van der Waals surface area contributed by atoms with Crippen LogP contribution >= 0.6 is 0 Å². The number of benzene rings is 1. The molecule has 0 fully saturated rings. The lowest BCUT2D eigenvalue weighted by Gasteiger charge is -2.07.